The number of amides is 3. The number of nitrogens with one attached hydrogen (secondary N) is 2. The fourth-order valence-electron chi connectivity index (χ4n) is 1.74. The third-order valence-corrected chi connectivity index (χ3v) is 2.73. The van der Waals surface area contributed by atoms with E-state index in [1.165, 1.54) is 0 Å². The first-order chi connectivity index (χ1) is 10.7. The summed E-state index contributed by atoms with van der Waals surface area (Å²) in [5.41, 5.74) is 1.23. The molecule has 2 N–H and O–H groups in total. The third kappa shape index (κ3) is 4.71. The summed E-state index contributed by atoms with van der Waals surface area (Å²) in [5.74, 6) is -0.455. The summed E-state index contributed by atoms with van der Waals surface area (Å²) in [5, 5.41) is 7.44. The van der Waals surface area contributed by atoms with Crippen LogP contribution in [-0.4, -0.2) is 23.4 Å². The topological polar surface area (TPSA) is 90.9 Å². The van der Waals surface area contributed by atoms with E-state index in [2.05, 4.69) is 15.8 Å². The Hall–Kier alpha value is -3.22. The first-order valence-corrected chi connectivity index (χ1v) is 6.48. The molecule has 1 heterocycles. The molecule has 0 spiro atoms. The molecular formula is C15H14N4O3. The minimum Gasteiger partial charge on any atom is -0.345 e. The van der Waals surface area contributed by atoms with E-state index >= 15 is 0 Å². The first kappa shape index (κ1) is 15.2. The van der Waals surface area contributed by atoms with Crippen molar-refractivity contribution in [3.05, 3.63) is 71.6 Å². The second-order valence-corrected chi connectivity index (χ2v) is 4.41. The van der Waals surface area contributed by atoms with Crippen molar-refractivity contribution in [2.24, 2.45) is 5.18 Å². The number of allylic oxidation sites excluding steroid dienone is 3. The number of rotatable bonds is 4. The number of para-hydroxylation sites is 1. The zero-order valence-electron chi connectivity index (χ0n) is 11.6. The smallest absolute Gasteiger partial charge is 0.325 e. The summed E-state index contributed by atoms with van der Waals surface area (Å²) < 4.78 is 0. The summed E-state index contributed by atoms with van der Waals surface area (Å²) in [6, 6.07) is 8.23. The molecule has 7 heteroatoms. The fraction of sp³-hybridized carbons (Fsp3) is 0.0667. The van der Waals surface area contributed by atoms with Crippen LogP contribution in [0.3, 0.4) is 0 Å². The number of benzene rings is 1. The summed E-state index contributed by atoms with van der Waals surface area (Å²) in [7, 11) is 0. The second-order valence-electron chi connectivity index (χ2n) is 4.41. The van der Waals surface area contributed by atoms with Crippen LogP contribution in [0.15, 0.2) is 71.8 Å². The van der Waals surface area contributed by atoms with Crippen molar-refractivity contribution in [1.29, 1.82) is 0 Å². The average Bonchev–Trinajstić information content (AvgIpc) is 2.50. The largest absolute Gasteiger partial charge is 0.345 e. The van der Waals surface area contributed by atoms with E-state index in [1.54, 1.807) is 53.7 Å². The van der Waals surface area contributed by atoms with Gasteiger partial charge in [-0.15, -0.1) is 4.91 Å². The van der Waals surface area contributed by atoms with Gasteiger partial charge in [0.15, 0.2) is 0 Å². The quantitative estimate of drug-likeness (QED) is 0.835. The van der Waals surface area contributed by atoms with Gasteiger partial charge in [-0.05, 0) is 35.0 Å². The first-order valence-electron chi connectivity index (χ1n) is 6.48. The number of carbonyl (C=O) groups excluding carboxylic acids is 2. The van der Waals surface area contributed by atoms with Crippen LogP contribution >= 0.6 is 0 Å². The Morgan fingerprint density at radius 2 is 1.82 bits per heavy atom. The lowest BCUT2D eigenvalue weighted by Gasteiger charge is -2.17. The molecule has 0 atom stereocenters. The highest BCUT2D eigenvalue weighted by atomic mass is 16.2. The van der Waals surface area contributed by atoms with E-state index in [9.17, 15) is 14.5 Å². The molecule has 0 fully saturated rings. The van der Waals surface area contributed by atoms with Gasteiger partial charge in [0.05, 0.1) is 6.20 Å². The molecule has 0 aliphatic carbocycles. The van der Waals surface area contributed by atoms with Gasteiger partial charge in [0, 0.05) is 18.1 Å². The van der Waals surface area contributed by atoms with Gasteiger partial charge in [0.1, 0.15) is 6.54 Å². The van der Waals surface area contributed by atoms with E-state index in [0.29, 0.717) is 11.3 Å². The molecule has 3 amide bonds. The highest BCUT2D eigenvalue weighted by Gasteiger charge is 2.11. The zero-order valence-corrected chi connectivity index (χ0v) is 11.6. The van der Waals surface area contributed by atoms with Gasteiger partial charge in [-0.3, -0.25) is 10.1 Å². The van der Waals surface area contributed by atoms with E-state index in [1.807, 2.05) is 6.07 Å². The van der Waals surface area contributed by atoms with Crippen LogP contribution in [0.1, 0.15) is 0 Å². The molecule has 0 saturated carbocycles. The fourth-order valence-corrected chi connectivity index (χ4v) is 1.74. The normalized spacial score (nSPS) is 12.7. The monoisotopic (exact) mass is 298 g/mol. The molecule has 1 aliphatic rings. The molecule has 1 aromatic rings. The number of nitroso groups, excluding NO2 is 1. The van der Waals surface area contributed by atoms with Crippen molar-refractivity contribution in [2.75, 3.05) is 11.9 Å². The Morgan fingerprint density at radius 3 is 2.45 bits per heavy atom. The molecule has 0 aromatic heterocycles. The zero-order chi connectivity index (χ0) is 15.8. The Labute approximate surface area is 127 Å². The maximum Gasteiger partial charge on any atom is 0.325 e. The molecule has 22 heavy (non-hydrogen) atoms. The molecule has 0 radical (unpaired) electrons. The average molecular weight is 298 g/mol. The minimum absolute atomic E-state index is 0.0169. The highest BCUT2D eigenvalue weighted by molar-refractivity contribution is 6.01. The number of nitrogens with zero attached hydrogens (tertiary/aromatic N) is 2. The van der Waals surface area contributed by atoms with Crippen molar-refractivity contribution in [3.8, 4) is 0 Å². The van der Waals surface area contributed by atoms with Gasteiger partial charge in [-0.25, -0.2) is 4.79 Å². The Morgan fingerprint density at radius 1 is 1.14 bits per heavy atom. The van der Waals surface area contributed by atoms with Gasteiger partial charge < -0.3 is 10.2 Å². The summed E-state index contributed by atoms with van der Waals surface area (Å²) in [4.78, 5) is 35.1. The maximum absolute atomic E-state index is 11.8. The van der Waals surface area contributed by atoms with Crippen molar-refractivity contribution >= 4 is 17.6 Å². The van der Waals surface area contributed by atoms with Crippen molar-refractivity contribution in [2.45, 2.75) is 0 Å². The lowest BCUT2D eigenvalue weighted by molar-refractivity contribution is -0.120. The number of carbonyl (C=O) groups is 2. The van der Waals surface area contributed by atoms with Crippen LogP contribution in [0.5, 0.6) is 0 Å². The SMILES string of the molecule is O=NC=C1C=CN(CC(=O)NC(=O)Nc2ccccc2)C=C1. The van der Waals surface area contributed by atoms with Crippen LogP contribution in [0.2, 0.25) is 0 Å². The van der Waals surface area contributed by atoms with Gasteiger partial charge in [-0.1, -0.05) is 18.2 Å². The van der Waals surface area contributed by atoms with Gasteiger partial charge in [0.2, 0.25) is 5.91 Å². The summed E-state index contributed by atoms with van der Waals surface area (Å²) in [6.45, 7) is -0.0169. The van der Waals surface area contributed by atoms with Crippen molar-refractivity contribution in [3.63, 3.8) is 0 Å². The predicted octanol–water partition coefficient (Wildman–Crippen LogP) is 2.33. The number of urea groups is 1. The Kier molecular flexibility index (Phi) is 5.20. The van der Waals surface area contributed by atoms with Gasteiger partial charge in [0.25, 0.3) is 0 Å². The molecule has 0 bridgehead atoms. The lowest BCUT2D eigenvalue weighted by Crippen LogP contribution is -2.39. The highest BCUT2D eigenvalue weighted by Crippen LogP contribution is 2.09. The van der Waals surface area contributed by atoms with Crippen molar-refractivity contribution in [1.82, 2.24) is 10.2 Å². The summed E-state index contributed by atoms with van der Waals surface area (Å²) in [6.07, 6.45) is 7.67. The van der Waals surface area contributed by atoms with E-state index in [4.69, 9.17) is 0 Å². The van der Waals surface area contributed by atoms with Gasteiger partial charge >= 0.3 is 6.03 Å². The number of anilines is 1. The number of hydrogen-bond acceptors (Lipinski definition) is 5. The Balaban J connectivity index is 1.80. The molecular weight excluding hydrogens is 284 g/mol. The molecule has 2 rings (SSSR count). The predicted molar refractivity (Wildman–Crippen MR) is 82.5 cm³/mol. The maximum atomic E-state index is 11.8. The lowest BCUT2D eigenvalue weighted by atomic mass is 10.2. The Bertz CT molecular complexity index is 634. The van der Waals surface area contributed by atoms with E-state index in [0.717, 1.165) is 6.20 Å². The van der Waals surface area contributed by atoms with Gasteiger partial charge in [-0.2, -0.15) is 0 Å². The third-order valence-electron chi connectivity index (χ3n) is 2.73. The van der Waals surface area contributed by atoms with Crippen LogP contribution in [0.25, 0.3) is 0 Å². The van der Waals surface area contributed by atoms with Crippen LogP contribution in [-0.2, 0) is 4.79 Å². The molecule has 0 unspecified atom stereocenters. The summed E-state index contributed by atoms with van der Waals surface area (Å²) >= 11 is 0. The molecule has 0 saturated heterocycles. The number of imide groups is 1. The second kappa shape index (κ2) is 7.53. The molecule has 1 aliphatic heterocycles. The standard InChI is InChI=1S/C15H14N4O3/c20-14(11-19-8-6-12(7-9-19)10-16-22)18-15(21)17-13-4-2-1-3-5-13/h1-10H,11H2,(H2,17,18,20,21). The molecule has 112 valence electrons. The minimum atomic E-state index is -0.591. The van der Waals surface area contributed by atoms with E-state index in [-0.39, 0.29) is 6.54 Å². The van der Waals surface area contributed by atoms with Crippen LogP contribution < -0.4 is 10.6 Å². The molecule has 1 aromatic carbocycles. The van der Waals surface area contributed by atoms with E-state index < -0.39 is 11.9 Å². The van der Waals surface area contributed by atoms with Crippen LogP contribution in [0.4, 0.5) is 10.5 Å². The van der Waals surface area contributed by atoms with Crippen LogP contribution in [0, 0.1) is 4.91 Å². The van der Waals surface area contributed by atoms with Crippen molar-refractivity contribution < 1.29 is 9.59 Å². The number of hydrogen-bond donors (Lipinski definition) is 2. The molecule has 7 nitrogen and oxygen atoms in total.